The number of thiazole rings is 1. The molecule has 1 spiro atoms. The average Bonchev–Trinajstić information content (AvgIpc) is 3.60. The number of fused-ring (bicyclic) bond motifs is 6. The van der Waals surface area contributed by atoms with Gasteiger partial charge in [0.05, 0.1) is 33.4 Å². The third-order valence-electron chi connectivity index (χ3n) is 7.85. The van der Waals surface area contributed by atoms with E-state index in [9.17, 15) is 18.8 Å². The van der Waals surface area contributed by atoms with Gasteiger partial charge in [-0.3, -0.25) is 19.3 Å². The largest absolute Gasteiger partial charge is 0.450 e. The molecule has 0 saturated carbocycles. The molecule has 0 bridgehead atoms. The van der Waals surface area contributed by atoms with Crippen molar-refractivity contribution >= 4 is 66.8 Å². The Morgan fingerprint density at radius 2 is 1.69 bits per heavy atom. The zero-order chi connectivity index (χ0) is 28.7. The van der Waals surface area contributed by atoms with Crippen LogP contribution >= 0.6 is 22.9 Å². The van der Waals surface area contributed by atoms with Crippen LogP contribution in [-0.4, -0.2) is 16.8 Å². The van der Waals surface area contributed by atoms with Gasteiger partial charge in [0.25, 0.3) is 11.8 Å². The minimum absolute atomic E-state index is 0.0861. The predicted molar refractivity (Wildman–Crippen MR) is 159 cm³/mol. The van der Waals surface area contributed by atoms with E-state index in [1.54, 1.807) is 84.9 Å². The molecule has 6 aromatic rings. The van der Waals surface area contributed by atoms with Crippen LogP contribution in [0.5, 0.6) is 0 Å². The van der Waals surface area contributed by atoms with Gasteiger partial charge < -0.3 is 9.32 Å². The first-order chi connectivity index (χ1) is 20.4. The van der Waals surface area contributed by atoms with E-state index in [1.165, 1.54) is 27.2 Å². The SMILES string of the molecule is O=C1c2oc3ccccc3c(=O)c2C2(C(=O)N(Cc3ccccc3F)c3ccccc32)N1c1nc2ccc(Cl)cc2s1. The number of aromatic nitrogens is 1. The van der Waals surface area contributed by atoms with Crippen molar-refractivity contribution in [2.45, 2.75) is 12.1 Å². The summed E-state index contributed by atoms with van der Waals surface area (Å²) in [5, 5.41) is 0.923. The molecule has 2 aliphatic rings. The maximum atomic E-state index is 14.9. The van der Waals surface area contributed by atoms with Gasteiger partial charge in [-0.25, -0.2) is 9.37 Å². The molecule has 0 radical (unpaired) electrons. The van der Waals surface area contributed by atoms with E-state index in [2.05, 4.69) is 0 Å². The standard InChI is InChI=1S/C32H17ClFN3O4S/c33-18-13-14-22-25(15-18)42-31(35-22)37-29(39)28-26(27(38)19-8-2-6-12-24(19)41-28)32(37)20-9-3-5-11-23(20)36(30(32)40)16-17-7-1-4-10-21(17)34/h1-15H,16H2. The molecule has 0 fully saturated rings. The van der Waals surface area contributed by atoms with Crippen LogP contribution < -0.4 is 15.2 Å². The third kappa shape index (κ3) is 3.20. The summed E-state index contributed by atoms with van der Waals surface area (Å²) in [6, 6.07) is 24.9. The molecular formula is C32H17ClFN3O4S. The lowest BCUT2D eigenvalue weighted by Gasteiger charge is -2.32. The predicted octanol–water partition coefficient (Wildman–Crippen LogP) is 6.65. The molecule has 2 aromatic heterocycles. The number of carbonyl (C=O) groups excluding carboxylic acids is 2. The van der Waals surface area contributed by atoms with Crippen molar-refractivity contribution in [3.8, 4) is 0 Å². The van der Waals surface area contributed by atoms with E-state index in [0.717, 1.165) is 0 Å². The number of hydrogen-bond donors (Lipinski definition) is 0. The molecule has 4 aromatic carbocycles. The smallest absolute Gasteiger partial charge is 0.297 e. The molecule has 42 heavy (non-hydrogen) atoms. The molecule has 1 atom stereocenters. The maximum absolute atomic E-state index is 14.9. The number of anilines is 2. The Kier molecular flexibility index (Phi) is 5.23. The summed E-state index contributed by atoms with van der Waals surface area (Å²) in [5.41, 5.74) is -0.578. The highest BCUT2D eigenvalue weighted by Gasteiger charge is 2.66. The molecule has 7 nitrogen and oxygen atoms in total. The summed E-state index contributed by atoms with van der Waals surface area (Å²) in [4.78, 5) is 51.0. The summed E-state index contributed by atoms with van der Waals surface area (Å²) < 4.78 is 21.7. The van der Waals surface area contributed by atoms with Crippen molar-refractivity contribution in [3.05, 3.63) is 135 Å². The van der Waals surface area contributed by atoms with Crippen molar-refractivity contribution in [3.63, 3.8) is 0 Å². The first kappa shape index (κ1) is 24.9. The Bertz CT molecular complexity index is 2210. The highest BCUT2D eigenvalue weighted by molar-refractivity contribution is 7.22. The van der Waals surface area contributed by atoms with Crippen LogP contribution in [0.1, 0.15) is 27.2 Å². The van der Waals surface area contributed by atoms with Gasteiger partial charge in [-0.15, -0.1) is 0 Å². The normalized spacial score (nSPS) is 17.6. The van der Waals surface area contributed by atoms with Crippen LogP contribution in [0.3, 0.4) is 0 Å². The van der Waals surface area contributed by atoms with Gasteiger partial charge in [-0.05, 0) is 42.5 Å². The fourth-order valence-corrected chi connectivity index (χ4v) is 7.34. The Labute approximate surface area is 246 Å². The lowest BCUT2D eigenvalue weighted by atomic mass is 9.84. The van der Waals surface area contributed by atoms with Crippen molar-refractivity contribution in [2.24, 2.45) is 0 Å². The summed E-state index contributed by atoms with van der Waals surface area (Å²) in [6.45, 7) is -0.115. The maximum Gasteiger partial charge on any atom is 0.297 e. The fourth-order valence-electron chi connectivity index (χ4n) is 6.05. The highest BCUT2D eigenvalue weighted by Crippen LogP contribution is 2.55. The molecule has 0 N–H and O–H groups in total. The molecule has 0 aliphatic carbocycles. The Balaban J connectivity index is 1.46. The number of hydrogen-bond acceptors (Lipinski definition) is 6. The average molecular weight is 594 g/mol. The summed E-state index contributed by atoms with van der Waals surface area (Å²) >= 11 is 7.41. The zero-order valence-corrected chi connectivity index (χ0v) is 23.1. The van der Waals surface area contributed by atoms with Crippen molar-refractivity contribution in [1.29, 1.82) is 0 Å². The highest BCUT2D eigenvalue weighted by atomic mass is 35.5. The molecule has 0 saturated heterocycles. The van der Waals surface area contributed by atoms with Crippen LogP contribution in [0.2, 0.25) is 5.02 Å². The topological polar surface area (TPSA) is 83.7 Å². The third-order valence-corrected chi connectivity index (χ3v) is 9.09. The van der Waals surface area contributed by atoms with Crippen molar-refractivity contribution < 1.29 is 18.4 Å². The molecule has 10 heteroatoms. The Morgan fingerprint density at radius 1 is 0.929 bits per heavy atom. The second kappa shape index (κ2) is 8.82. The molecule has 4 heterocycles. The van der Waals surface area contributed by atoms with Gasteiger partial charge >= 0.3 is 0 Å². The zero-order valence-electron chi connectivity index (χ0n) is 21.5. The van der Waals surface area contributed by atoms with Gasteiger partial charge in [0.15, 0.2) is 16.1 Å². The second-order valence-electron chi connectivity index (χ2n) is 10.1. The van der Waals surface area contributed by atoms with Gasteiger partial charge in [0, 0.05) is 16.1 Å². The van der Waals surface area contributed by atoms with E-state index in [0.29, 0.717) is 26.5 Å². The van der Waals surface area contributed by atoms with Crippen molar-refractivity contribution in [1.82, 2.24) is 4.98 Å². The monoisotopic (exact) mass is 593 g/mol. The summed E-state index contributed by atoms with van der Waals surface area (Å²) in [5.74, 6) is -1.96. The number of para-hydroxylation sites is 2. The van der Waals surface area contributed by atoms with Crippen LogP contribution in [0.25, 0.3) is 21.2 Å². The number of halogens is 2. The number of nitrogens with zero attached hydrogens (tertiary/aromatic N) is 3. The van der Waals surface area contributed by atoms with E-state index in [-0.39, 0.29) is 39.5 Å². The number of carbonyl (C=O) groups is 2. The number of amides is 2. The minimum Gasteiger partial charge on any atom is -0.450 e. The fraction of sp³-hybridized carbons (Fsp3) is 0.0625. The molecule has 8 rings (SSSR count). The van der Waals surface area contributed by atoms with Gasteiger partial charge in [0.2, 0.25) is 5.76 Å². The van der Waals surface area contributed by atoms with Crippen LogP contribution in [0.15, 0.2) is 100 Å². The van der Waals surface area contributed by atoms with Gasteiger partial charge in [-0.1, -0.05) is 71.5 Å². The minimum atomic E-state index is -1.93. The van der Waals surface area contributed by atoms with E-state index < -0.39 is 28.6 Å². The molecular weight excluding hydrogens is 577 g/mol. The lowest BCUT2D eigenvalue weighted by molar-refractivity contribution is -0.121. The van der Waals surface area contributed by atoms with E-state index >= 15 is 0 Å². The molecule has 1 unspecified atom stereocenters. The Morgan fingerprint density at radius 3 is 2.55 bits per heavy atom. The van der Waals surface area contributed by atoms with Crippen molar-refractivity contribution in [2.75, 3.05) is 9.80 Å². The quantitative estimate of drug-likeness (QED) is 0.229. The summed E-state index contributed by atoms with van der Waals surface area (Å²) in [6.07, 6.45) is 0. The molecule has 2 amide bonds. The summed E-state index contributed by atoms with van der Waals surface area (Å²) in [7, 11) is 0. The first-order valence-electron chi connectivity index (χ1n) is 13.0. The lowest BCUT2D eigenvalue weighted by Crippen LogP contribution is -2.53. The van der Waals surface area contributed by atoms with Gasteiger partial charge in [0.1, 0.15) is 11.4 Å². The number of rotatable bonds is 3. The van der Waals surface area contributed by atoms with Crippen LogP contribution in [-0.2, 0) is 16.9 Å². The first-order valence-corrected chi connectivity index (χ1v) is 14.2. The Hall–Kier alpha value is -4.86. The molecule has 204 valence electrons. The van der Waals surface area contributed by atoms with Gasteiger partial charge in [-0.2, -0.15) is 0 Å². The van der Waals surface area contributed by atoms with Crippen LogP contribution in [0, 0.1) is 5.82 Å². The van der Waals surface area contributed by atoms with E-state index in [1.807, 2.05) is 0 Å². The molecule has 2 aliphatic heterocycles. The number of benzene rings is 4. The van der Waals surface area contributed by atoms with E-state index in [4.69, 9.17) is 21.0 Å². The second-order valence-corrected chi connectivity index (χ2v) is 11.5. The van der Waals surface area contributed by atoms with Crippen LogP contribution in [0.4, 0.5) is 15.2 Å².